The standard InChI is InChI=1S/C24H41FN4O2/c1-14-8-9-21(25)20-11-22(27-23(14)20)24(31)26-18-6-5-7-19(10-18)28-12-15(2)29(17(4)30)16(3)13-28/h14-16,18-23,27H,5-13H2,1-4H3,(H,26,31)/t14?,15-,16-,18+,19+,20?,21?,22?,23?/m0/s1. The van der Waals surface area contributed by atoms with E-state index in [1.54, 1.807) is 6.92 Å². The number of hydrogen-bond acceptors (Lipinski definition) is 4. The molecule has 4 fully saturated rings. The van der Waals surface area contributed by atoms with Gasteiger partial charge < -0.3 is 15.5 Å². The van der Waals surface area contributed by atoms with Crippen molar-refractivity contribution in [2.24, 2.45) is 11.8 Å². The average molecular weight is 437 g/mol. The fourth-order valence-electron chi connectivity index (χ4n) is 7.01. The van der Waals surface area contributed by atoms with E-state index in [2.05, 4.69) is 36.3 Å². The summed E-state index contributed by atoms with van der Waals surface area (Å²) in [6.45, 7) is 9.91. The van der Waals surface area contributed by atoms with Gasteiger partial charge in [-0.2, -0.15) is 0 Å². The van der Waals surface area contributed by atoms with Gasteiger partial charge in [0.05, 0.1) is 6.04 Å². The predicted octanol–water partition coefficient (Wildman–Crippen LogP) is 2.47. The molecule has 4 rings (SSSR count). The smallest absolute Gasteiger partial charge is 0.237 e. The molecule has 0 spiro atoms. The van der Waals surface area contributed by atoms with Gasteiger partial charge in [0, 0.05) is 56.1 Å². The second kappa shape index (κ2) is 9.34. The molecule has 6 nitrogen and oxygen atoms in total. The van der Waals surface area contributed by atoms with Crippen LogP contribution >= 0.6 is 0 Å². The van der Waals surface area contributed by atoms with E-state index in [-0.39, 0.29) is 47.9 Å². The summed E-state index contributed by atoms with van der Waals surface area (Å²) in [7, 11) is 0. The van der Waals surface area contributed by atoms with Crippen LogP contribution in [0.2, 0.25) is 0 Å². The van der Waals surface area contributed by atoms with Gasteiger partial charge in [-0.1, -0.05) is 6.92 Å². The Kier molecular flexibility index (Phi) is 6.92. The first-order valence-corrected chi connectivity index (χ1v) is 12.5. The second-order valence-corrected chi connectivity index (χ2v) is 10.8. The highest BCUT2D eigenvalue weighted by atomic mass is 19.1. The molecule has 0 aromatic heterocycles. The number of fused-ring (bicyclic) bond motifs is 1. The Morgan fingerprint density at radius 2 is 1.71 bits per heavy atom. The number of alkyl halides is 1. The number of piperazine rings is 1. The summed E-state index contributed by atoms with van der Waals surface area (Å²) in [5.41, 5.74) is 0. The molecule has 9 atom stereocenters. The van der Waals surface area contributed by atoms with Crippen molar-refractivity contribution in [2.75, 3.05) is 13.1 Å². The molecule has 2 saturated heterocycles. The number of carbonyl (C=O) groups excluding carboxylic acids is 2. The second-order valence-electron chi connectivity index (χ2n) is 10.8. The van der Waals surface area contributed by atoms with Crippen LogP contribution in [0.15, 0.2) is 0 Å². The Labute approximate surface area is 186 Å². The first-order valence-electron chi connectivity index (χ1n) is 12.5. The highest BCUT2D eigenvalue weighted by Crippen LogP contribution is 2.38. The molecule has 2 aliphatic heterocycles. The zero-order chi connectivity index (χ0) is 22.3. The maximum absolute atomic E-state index is 14.4. The molecule has 2 aliphatic carbocycles. The Hall–Kier alpha value is -1.21. The molecule has 5 unspecified atom stereocenters. The lowest BCUT2D eigenvalue weighted by Crippen LogP contribution is -2.61. The van der Waals surface area contributed by atoms with Crippen molar-refractivity contribution in [3.63, 3.8) is 0 Å². The molecule has 2 heterocycles. The maximum Gasteiger partial charge on any atom is 0.237 e. The minimum absolute atomic E-state index is 0.0147. The summed E-state index contributed by atoms with van der Waals surface area (Å²) in [6, 6.07) is 0.960. The van der Waals surface area contributed by atoms with Gasteiger partial charge in [0.15, 0.2) is 0 Å². The van der Waals surface area contributed by atoms with Crippen molar-refractivity contribution in [1.29, 1.82) is 0 Å². The first kappa shape index (κ1) is 23.0. The molecular formula is C24H41FN4O2. The first-order chi connectivity index (χ1) is 14.7. The molecule has 0 radical (unpaired) electrons. The van der Waals surface area contributed by atoms with Crippen LogP contribution in [0.5, 0.6) is 0 Å². The molecular weight excluding hydrogens is 395 g/mol. The van der Waals surface area contributed by atoms with E-state index in [1.165, 1.54) is 0 Å². The lowest BCUT2D eigenvalue weighted by molar-refractivity contribution is -0.137. The zero-order valence-electron chi connectivity index (χ0n) is 19.6. The van der Waals surface area contributed by atoms with Gasteiger partial charge in [0.2, 0.25) is 11.8 Å². The number of rotatable bonds is 3. The SMILES string of the molecule is CC(=O)N1[C@@H](C)CN([C@@H]2CCC[C@@H](NC(=O)C3CC4C(F)CCC(C)C4N3)C2)C[C@@H]1C. The molecule has 0 aromatic carbocycles. The van der Waals surface area contributed by atoms with Gasteiger partial charge in [-0.15, -0.1) is 0 Å². The highest BCUT2D eigenvalue weighted by Gasteiger charge is 2.46. The quantitative estimate of drug-likeness (QED) is 0.713. The Bertz CT molecular complexity index is 646. The van der Waals surface area contributed by atoms with Crippen molar-refractivity contribution < 1.29 is 14.0 Å². The van der Waals surface area contributed by atoms with Crippen LogP contribution in [0.3, 0.4) is 0 Å². The lowest BCUT2D eigenvalue weighted by Gasteiger charge is -2.48. The van der Waals surface area contributed by atoms with Crippen molar-refractivity contribution in [3.05, 3.63) is 0 Å². The van der Waals surface area contributed by atoms with Gasteiger partial charge in [-0.3, -0.25) is 14.5 Å². The van der Waals surface area contributed by atoms with Crippen LogP contribution < -0.4 is 10.6 Å². The molecule has 0 aromatic rings. The van der Waals surface area contributed by atoms with Crippen LogP contribution in [-0.2, 0) is 9.59 Å². The van der Waals surface area contributed by atoms with Crippen molar-refractivity contribution >= 4 is 11.8 Å². The van der Waals surface area contributed by atoms with Gasteiger partial charge in [0.25, 0.3) is 0 Å². The van der Waals surface area contributed by atoms with Crippen LogP contribution in [0.4, 0.5) is 4.39 Å². The monoisotopic (exact) mass is 436 g/mol. The van der Waals surface area contributed by atoms with Crippen LogP contribution in [0, 0.1) is 11.8 Å². The van der Waals surface area contributed by atoms with E-state index in [4.69, 9.17) is 0 Å². The van der Waals surface area contributed by atoms with E-state index in [0.717, 1.165) is 45.2 Å². The Morgan fingerprint density at radius 3 is 2.35 bits per heavy atom. The molecule has 4 aliphatic rings. The van der Waals surface area contributed by atoms with Crippen molar-refractivity contribution in [1.82, 2.24) is 20.4 Å². The zero-order valence-corrected chi connectivity index (χ0v) is 19.6. The van der Waals surface area contributed by atoms with Crippen molar-refractivity contribution in [2.45, 2.75) is 115 Å². The third-order valence-electron chi connectivity index (χ3n) is 8.47. The molecule has 2 N–H and O–H groups in total. The van der Waals surface area contributed by atoms with Gasteiger partial charge in [-0.25, -0.2) is 4.39 Å². The topological polar surface area (TPSA) is 64.7 Å². The Balaban J connectivity index is 1.31. The number of halogens is 1. The third-order valence-corrected chi connectivity index (χ3v) is 8.47. The molecule has 2 amide bonds. The summed E-state index contributed by atoms with van der Waals surface area (Å²) < 4.78 is 14.4. The summed E-state index contributed by atoms with van der Waals surface area (Å²) in [6.07, 6.45) is 5.63. The van der Waals surface area contributed by atoms with E-state index in [1.807, 2.05) is 4.90 Å². The lowest BCUT2D eigenvalue weighted by atomic mass is 9.77. The summed E-state index contributed by atoms with van der Waals surface area (Å²) in [4.78, 5) is 29.5. The van der Waals surface area contributed by atoms with Gasteiger partial charge in [-0.05, 0) is 64.7 Å². The largest absolute Gasteiger partial charge is 0.352 e. The van der Waals surface area contributed by atoms with Gasteiger partial charge in [0.1, 0.15) is 6.17 Å². The Morgan fingerprint density at radius 1 is 1.00 bits per heavy atom. The van der Waals surface area contributed by atoms with Crippen LogP contribution in [0.25, 0.3) is 0 Å². The van der Waals surface area contributed by atoms with E-state index in [0.29, 0.717) is 24.8 Å². The molecule has 2 saturated carbocycles. The van der Waals surface area contributed by atoms with E-state index in [9.17, 15) is 14.0 Å². The summed E-state index contributed by atoms with van der Waals surface area (Å²) in [5.74, 6) is 0.635. The number of nitrogens with zero attached hydrogens (tertiary/aromatic N) is 2. The average Bonchev–Trinajstić information content (AvgIpc) is 3.17. The molecule has 0 bridgehead atoms. The van der Waals surface area contributed by atoms with E-state index >= 15 is 0 Å². The third kappa shape index (κ3) is 4.77. The maximum atomic E-state index is 14.4. The van der Waals surface area contributed by atoms with Crippen LogP contribution in [0.1, 0.15) is 72.6 Å². The van der Waals surface area contributed by atoms with Crippen LogP contribution in [-0.4, -0.2) is 77.1 Å². The summed E-state index contributed by atoms with van der Waals surface area (Å²) >= 11 is 0. The number of nitrogens with one attached hydrogen (secondary N) is 2. The highest BCUT2D eigenvalue weighted by molar-refractivity contribution is 5.82. The molecule has 7 heteroatoms. The minimum atomic E-state index is -0.775. The molecule has 31 heavy (non-hydrogen) atoms. The number of carbonyl (C=O) groups is 2. The fourth-order valence-corrected chi connectivity index (χ4v) is 7.01. The number of hydrogen-bond donors (Lipinski definition) is 2. The van der Waals surface area contributed by atoms with E-state index < -0.39 is 6.17 Å². The minimum Gasteiger partial charge on any atom is -0.352 e. The number of amides is 2. The summed E-state index contributed by atoms with van der Waals surface area (Å²) in [5, 5.41) is 6.77. The predicted molar refractivity (Wildman–Crippen MR) is 119 cm³/mol. The molecule has 176 valence electrons. The van der Waals surface area contributed by atoms with Crippen molar-refractivity contribution in [3.8, 4) is 0 Å². The fraction of sp³-hybridized carbons (Fsp3) is 0.917. The van der Waals surface area contributed by atoms with Gasteiger partial charge >= 0.3 is 0 Å². The normalized spacial score (nSPS) is 44.0.